The third-order valence-electron chi connectivity index (χ3n) is 4.03. The maximum Gasteiger partial charge on any atom is 0.251 e. The van der Waals surface area contributed by atoms with Crippen molar-refractivity contribution in [3.05, 3.63) is 34.6 Å². The van der Waals surface area contributed by atoms with Crippen molar-refractivity contribution in [1.82, 2.24) is 10.2 Å². The van der Waals surface area contributed by atoms with Gasteiger partial charge in [0.15, 0.2) is 0 Å². The van der Waals surface area contributed by atoms with E-state index in [1.807, 2.05) is 0 Å². The second-order valence-electron chi connectivity index (χ2n) is 5.98. The molecule has 1 atom stereocenters. The van der Waals surface area contributed by atoms with Gasteiger partial charge in [0.05, 0.1) is 11.1 Å². The average Bonchev–Trinajstić information content (AvgIpc) is 2.50. The minimum Gasteiger partial charge on any atom is -0.390 e. The molecular weight excluding hydrogens is 307 g/mol. The first-order valence-electron chi connectivity index (χ1n) is 7.59. The van der Waals surface area contributed by atoms with Gasteiger partial charge in [-0.3, -0.25) is 4.79 Å². The van der Waals surface area contributed by atoms with Crippen LogP contribution in [0.4, 0.5) is 4.39 Å². The molecule has 0 spiro atoms. The van der Waals surface area contributed by atoms with E-state index in [1.165, 1.54) is 12.1 Å². The average molecular weight is 329 g/mol. The minimum atomic E-state index is -0.630. The number of nitrogens with zero attached hydrogens (tertiary/aromatic N) is 1. The first-order valence-corrected chi connectivity index (χ1v) is 7.97. The number of likely N-dealkylation sites (tertiary alicyclic amines) is 1. The molecule has 4 nitrogen and oxygen atoms in total. The number of aliphatic hydroxyl groups excluding tert-OH is 1. The Morgan fingerprint density at radius 3 is 2.82 bits per heavy atom. The van der Waals surface area contributed by atoms with E-state index >= 15 is 0 Å². The van der Waals surface area contributed by atoms with Gasteiger partial charge in [-0.15, -0.1) is 0 Å². The fourth-order valence-corrected chi connectivity index (χ4v) is 2.67. The van der Waals surface area contributed by atoms with Crippen LogP contribution in [0, 0.1) is 11.7 Å². The molecule has 1 aromatic carbocycles. The quantitative estimate of drug-likeness (QED) is 0.872. The van der Waals surface area contributed by atoms with E-state index in [1.54, 1.807) is 0 Å². The van der Waals surface area contributed by atoms with Crippen LogP contribution in [-0.2, 0) is 0 Å². The van der Waals surface area contributed by atoms with Crippen molar-refractivity contribution in [1.29, 1.82) is 0 Å². The number of halogens is 2. The van der Waals surface area contributed by atoms with E-state index in [9.17, 15) is 14.3 Å². The van der Waals surface area contributed by atoms with Crippen LogP contribution in [0.15, 0.2) is 18.2 Å². The Kier molecular flexibility index (Phi) is 6.17. The monoisotopic (exact) mass is 328 g/mol. The van der Waals surface area contributed by atoms with E-state index in [4.69, 9.17) is 11.6 Å². The highest BCUT2D eigenvalue weighted by Crippen LogP contribution is 2.16. The Bertz CT molecular complexity index is 519. The van der Waals surface area contributed by atoms with Gasteiger partial charge < -0.3 is 15.3 Å². The molecule has 1 fully saturated rings. The van der Waals surface area contributed by atoms with E-state index < -0.39 is 17.8 Å². The normalized spacial score (nSPS) is 18.2. The number of benzene rings is 1. The number of hydrogen-bond acceptors (Lipinski definition) is 3. The van der Waals surface area contributed by atoms with Crippen LogP contribution in [0.3, 0.4) is 0 Å². The summed E-state index contributed by atoms with van der Waals surface area (Å²) in [6.45, 7) is 4.89. The van der Waals surface area contributed by atoms with Gasteiger partial charge in [-0.05, 0) is 50.0 Å². The summed E-state index contributed by atoms with van der Waals surface area (Å²) in [6, 6.07) is 3.90. The largest absolute Gasteiger partial charge is 0.390 e. The van der Waals surface area contributed by atoms with Gasteiger partial charge in [-0.25, -0.2) is 4.39 Å². The van der Waals surface area contributed by atoms with E-state index in [-0.39, 0.29) is 17.1 Å². The SMILES string of the molecule is CC1CCN(CC(O)CNC(=O)c2ccc(Cl)c(F)c2)CC1. The molecule has 2 N–H and O–H groups in total. The second kappa shape index (κ2) is 7.90. The van der Waals surface area contributed by atoms with E-state index in [0.717, 1.165) is 37.9 Å². The summed E-state index contributed by atoms with van der Waals surface area (Å²) >= 11 is 5.58. The molecule has 2 rings (SSSR count). The molecule has 0 aromatic heterocycles. The third-order valence-corrected chi connectivity index (χ3v) is 4.33. The lowest BCUT2D eigenvalue weighted by Crippen LogP contribution is -2.43. The fourth-order valence-electron chi connectivity index (χ4n) is 2.56. The summed E-state index contributed by atoms with van der Waals surface area (Å²) in [5, 5.41) is 12.6. The zero-order chi connectivity index (χ0) is 16.1. The number of amides is 1. The number of piperidine rings is 1. The highest BCUT2D eigenvalue weighted by molar-refractivity contribution is 6.30. The summed E-state index contributed by atoms with van der Waals surface area (Å²) < 4.78 is 13.3. The summed E-state index contributed by atoms with van der Waals surface area (Å²) in [7, 11) is 0. The number of carbonyl (C=O) groups is 1. The number of hydrogen-bond donors (Lipinski definition) is 2. The lowest BCUT2D eigenvalue weighted by molar-refractivity contribution is 0.0795. The Balaban J connectivity index is 1.76. The second-order valence-corrected chi connectivity index (χ2v) is 6.38. The number of rotatable bonds is 5. The molecule has 6 heteroatoms. The molecule has 22 heavy (non-hydrogen) atoms. The standard InChI is InChI=1S/C16H22ClFN2O2/c1-11-4-6-20(7-5-11)10-13(21)9-19-16(22)12-2-3-14(17)15(18)8-12/h2-3,8,11,13,21H,4-7,9-10H2,1H3,(H,19,22). The third kappa shape index (κ3) is 4.93. The summed E-state index contributed by atoms with van der Waals surface area (Å²) in [5.41, 5.74) is 0.195. The van der Waals surface area contributed by atoms with Crippen LogP contribution in [0.5, 0.6) is 0 Å². The Morgan fingerprint density at radius 1 is 1.50 bits per heavy atom. The van der Waals surface area contributed by atoms with Gasteiger partial charge >= 0.3 is 0 Å². The topological polar surface area (TPSA) is 52.6 Å². The number of carbonyl (C=O) groups excluding carboxylic acids is 1. The molecule has 1 aromatic rings. The van der Waals surface area contributed by atoms with Gasteiger partial charge in [0.2, 0.25) is 0 Å². The molecule has 122 valence electrons. The zero-order valence-corrected chi connectivity index (χ0v) is 13.4. The molecule has 1 amide bonds. The molecule has 0 aliphatic carbocycles. The predicted molar refractivity (Wildman–Crippen MR) is 84.6 cm³/mol. The maximum atomic E-state index is 13.3. The highest BCUT2D eigenvalue weighted by atomic mass is 35.5. The van der Waals surface area contributed by atoms with E-state index in [2.05, 4.69) is 17.1 Å². The van der Waals surface area contributed by atoms with Crippen molar-refractivity contribution in [2.45, 2.75) is 25.9 Å². The van der Waals surface area contributed by atoms with Crippen molar-refractivity contribution in [3.63, 3.8) is 0 Å². The maximum absolute atomic E-state index is 13.3. The lowest BCUT2D eigenvalue weighted by atomic mass is 9.99. The molecule has 0 bridgehead atoms. The number of β-amino-alcohol motifs (C(OH)–C–C–N with tert-alkyl or cyclic N) is 1. The molecule has 1 saturated heterocycles. The number of aliphatic hydroxyl groups is 1. The van der Waals surface area contributed by atoms with Crippen LogP contribution in [0.25, 0.3) is 0 Å². The van der Waals surface area contributed by atoms with Crippen LogP contribution < -0.4 is 5.32 Å². The van der Waals surface area contributed by atoms with Crippen molar-refractivity contribution < 1.29 is 14.3 Å². The first kappa shape index (κ1) is 17.2. The van der Waals surface area contributed by atoms with Gasteiger partial charge in [0.25, 0.3) is 5.91 Å². The predicted octanol–water partition coefficient (Wildman–Crippen LogP) is 2.30. The Labute approximate surface area is 135 Å². The minimum absolute atomic E-state index is 0.0177. The smallest absolute Gasteiger partial charge is 0.251 e. The van der Waals surface area contributed by atoms with Crippen LogP contribution in [-0.4, -0.2) is 48.2 Å². The molecule has 1 aliphatic rings. The Hall–Kier alpha value is -1.17. The van der Waals surface area contributed by atoms with Gasteiger partial charge in [0, 0.05) is 18.7 Å². The van der Waals surface area contributed by atoms with Crippen molar-refractivity contribution in [2.75, 3.05) is 26.2 Å². The number of nitrogens with one attached hydrogen (secondary N) is 1. The van der Waals surface area contributed by atoms with Crippen LogP contribution in [0.1, 0.15) is 30.1 Å². The fraction of sp³-hybridized carbons (Fsp3) is 0.562. The highest BCUT2D eigenvalue weighted by Gasteiger charge is 2.19. The molecule has 0 radical (unpaired) electrons. The van der Waals surface area contributed by atoms with Crippen molar-refractivity contribution >= 4 is 17.5 Å². The van der Waals surface area contributed by atoms with E-state index in [0.29, 0.717) is 6.54 Å². The molecule has 1 unspecified atom stereocenters. The van der Waals surface area contributed by atoms with Gasteiger partial charge in [0.1, 0.15) is 5.82 Å². The summed E-state index contributed by atoms with van der Waals surface area (Å²) in [4.78, 5) is 14.1. The zero-order valence-electron chi connectivity index (χ0n) is 12.7. The van der Waals surface area contributed by atoms with Crippen molar-refractivity contribution in [3.8, 4) is 0 Å². The molecular formula is C16H22ClFN2O2. The molecule has 1 heterocycles. The molecule has 1 aliphatic heterocycles. The lowest BCUT2D eigenvalue weighted by Gasteiger charge is -2.31. The summed E-state index contributed by atoms with van der Waals surface area (Å²) in [6.07, 6.45) is 1.65. The summed E-state index contributed by atoms with van der Waals surface area (Å²) in [5.74, 6) is -0.299. The first-order chi connectivity index (χ1) is 10.5. The van der Waals surface area contributed by atoms with Crippen molar-refractivity contribution in [2.24, 2.45) is 5.92 Å². The molecule has 0 saturated carbocycles. The van der Waals surface area contributed by atoms with Crippen LogP contribution in [0.2, 0.25) is 5.02 Å². The Morgan fingerprint density at radius 2 is 2.18 bits per heavy atom. The van der Waals surface area contributed by atoms with Gasteiger partial charge in [-0.2, -0.15) is 0 Å². The van der Waals surface area contributed by atoms with Gasteiger partial charge in [-0.1, -0.05) is 18.5 Å². The van der Waals surface area contributed by atoms with Crippen LogP contribution >= 0.6 is 11.6 Å².